The summed E-state index contributed by atoms with van der Waals surface area (Å²) in [6.45, 7) is 6.95. The molecule has 3 heteroatoms. The Bertz CT molecular complexity index is 386. The minimum atomic E-state index is 0.143. The van der Waals surface area contributed by atoms with Gasteiger partial charge in [0, 0.05) is 12.1 Å². The van der Waals surface area contributed by atoms with Crippen LogP contribution in [-0.2, 0) is 11.3 Å². The highest BCUT2D eigenvalue weighted by Gasteiger charge is 2.06. The molecule has 0 aromatic heterocycles. The summed E-state index contributed by atoms with van der Waals surface area (Å²) < 4.78 is 5.31. The molecular weight excluding hydrogens is 214 g/mol. The van der Waals surface area contributed by atoms with Gasteiger partial charge < -0.3 is 10.1 Å². The van der Waals surface area contributed by atoms with Gasteiger partial charge >= 0.3 is 0 Å². The standard InChI is InChI=1S/C14H21NO2/c1-10(2)12-5-6-14(17-4)13(7-12)9-15-8-11(3)16/h5-7,10,15H,8-9H2,1-4H3. The zero-order valence-corrected chi connectivity index (χ0v) is 11.0. The molecule has 1 aromatic carbocycles. The van der Waals surface area contributed by atoms with Crippen molar-refractivity contribution in [2.75, 3.05) is 13.7 Å². The van der Waals surface area contributed by atoms with Gasteiger partial charge in [0.05, 0.1) is 13.7 Å². The molecular formula is C14H21NO2. The molecule has 3 nitrogen and oxygen atoms in total. The molecule has 0 aliphatic carbocycles. The number of nitrogens with one attached hydrogen (secondary N) is 1. The van der Waals surface area contributed by atoms with Crippen LogP contribution in [0.5, 0.6) is 5.75 Å². The van der Waals surface area contributed by atoms with Gasteiger partial charge in [0.1, 0.15) is 11.5 Å². The van der Waals surface area contributed by atoms with Crippen molar-refractivity contribution in [2.24, 2.45) is 0 Å². The van der Waals surface area contributed by atoms with Crippen LogP contribution >= 0.6 is 0 Å². The Kier molecular flexibility index (Phi) is 5.16. The van der Waals surface area contributed by atoms with E-state index in [1.54, 1.807) is 14.0 Å². The van der Waals surface area contributed by atoms with Crippen molar-refractivity contribution in [3.05, 3.63) is 29.3 Å². The molecule has 1 aromatic rings. The van der Waals surface area contributed by atoms with Crippen LogP contribution in [0.4, 0.5) is 0 Å². The number of hydrogen-bond donors (Lipinski definition) is 1. The quantitative estimate of drug-likeness (QED) is 0.823. The first-order valence-electron chi connectivity index (χ1n) is 5.91. The molecule has 0 saturated carbocycles. The largest absolute Gasteiger partial charge is 0.496 e. The lowest BCUT2D eigenvalue weighted by molar-refractivity contribution is -0.116. The van der Waals surface area contributed by atoms with Crippen LogP contribution in [-0.4, -0.2) is 19.4 Å². The molecule has 94 valence electrons. The van der Waals surface area contributed by atoms with Gasteiger partial charge in [-0.25, -0.2) is 0 Å². The minimum absolute atomic E-state index is 0.143. The minimum Gasteiger partial charge on any atom is -0.496 e. The zero-order chi connectivity index (χ0) is 12.8. The summed E-state index contributed by atoms with van der Waals surface area (Å²) in [5.41, 5.74) is 2.38. The maximum atomic E-state index is 10.9. The van der Waals surface area contributed by atoms with Crippen LogP contribution in [0.25, 0.3) is 0 Å². The summed E-state index contributed by atoms with van der Waals surface area (Å²) in [5, 5.41) is 3.11. The van der Waals surface area contributed by atoms with Crippen LogP contribution in [0.1, 0.15) is 37.8 Å². The molecule has 0 atom stereocenters. The van der Waals surface area contributed by atoms with Gasteiger partial charge in [-0.1, -0.05) is 26.0 Å². The lowest BCUT2D eigenvalue weighted by Gasteiger charge is -2.13. The second kappa shape index (κ2) is 6.40. The van der Waals surface area contributed by atoms with E-state index >= 15 is 0 Å². The van der Waals surface area contributed by atoms with Gasteiger partial charge in [0.2, 0.25) is 0 Å². The predicted molar refractivity (Wildman–Crippen MR) is 69.5 cm³/mol. The fraction of sp³-hybridized carbons (Fsp3) is 0.500. The predicted octanol–water partition coefficient (Wildman–Crippen LogP) is 2.50. The number of methoxy groups -OCH3 is 1. The Morgan fingerprint density at radius 3 is 2.65 bits per heavy atom. The number of hydrogen-bond acceptors (Lipinski definition) is 3. The molecule has 0 radical (unpaired) electrons. The van der Waals surface area contributed by atoms with Crippen molar-refractivity contribution in [3.8, 4) is 5.75 Å². The summed E-state index contributed by atoms with van der Waals surface area (Å²) in [6.07, 6.45) is 0. The second-order valence-electron chi connectivity index (χ2n) is 4.53. The maximum Gasteiger partial charge on any atom is 0.143 e. The average molecular weight is 235 g/mol. The fourth-order valence-electron chi connectivity index (χ4n) is 1.67. The molecule has 0 amide bonds. The normalized spacial score (nSPS) is 10.6. The number of rotatable bonds is 6. The first-order chi connectivity index (χ1) is 8.04. The van der Waals surface area contributed by atoms with Gasteiger partial charge in [-0.2, -0.15) is 0 Å². The third kappa shape index (κ3) is 4.19. The smallest absolute Gasteiger partial charge is 0.143 e. The van der Waals surface area contributed by atoms with Crippen LogP contribution in [0, 0.1) is 0 Å². The van der Waals surface area contributed by atoms with E-state index < -0.39 is 0 Å². The lowest BCUT2D eigenvalue weighted by atomic mass is 10.00. The molecule has 0 bridgehead atoms. The maximum absolute atomic E-state index is 10.9. The highest BCUT2D eigenvalue weighted by Crippen LogP contribution is 2.23. The van der Waals surface area contributed by atoms with E-state index in [9.17, 15) is 4.79 Å². The van der Waals surface area contributed by atoms with E-state index in [-0.39, 0.29) is 5.78 Å². The number of ketones is 1. The van der Waals surface area contributed by atoms with Gasteiger partial charge in [-0.15, -0.1) is 0 Å². The number of carbonyl (C=O) groups is 1. The van der Waals surface area contributed by atoms with E-state index in [4.69, 9.17) is 4.74 Å². The number of ether oxygens (including phenoxy) is 1. The van der Waals surface area contributed by atoms with E-state index in [2.05, 4.69) is 31.3 Å². The molecule has 0 aliphatic rings. The second-order valence-corrected chi connectivity index (χ2v) is 4.53. The molecule has 0 unspecified atom stereocenters. The van der Waals surface area contributed by atoms with Crippen LogP contribution in [0.15, 0.2) is 18.2 Å². The van der Waals surface area contributed by atoms with E-state index in [0.717, 1.165) is 11.3 Å². The first kappa shape index (κ1) is 13.7. The Hall–Kier alpha value is -1.35. The molecule has 1 N–H and O–H groups in total. The van der Waals surface area contributed by atoms with Crippen molar-refractivity contribution in [2.45, 2.75) is 33.2 Å². The Labute approximate surface area is 103 Å². The summed E-state index contributed by atoms with van der Waals surface area (Å²) in [5.74, 6) is 1.50. The van der Waals surface area contributed by atoms with Crippen LogP contribution in [0.3, 0.4) is 0 Å². The topological polar surface area (TPSA) is 38.3 Å². The molecule has 17 heavy (non-hydrogen) atoms. The third-order valence-corrected chi connectivity index (χ3v) is 2.66. The van der Waals surface area contributed by atoms with Crippen molar-refractivity contribution < 1.29 is 9.53 Å². The molecule has 0 fully saturated rings. The van der Waals surface area contributed by atoms with Crippen LogP contribution < -0.4 is 10.1 Å². The Morgan fingerprint density at radius 1 is 1.41 bits per heavy atom. The number of Topliss-reactive ketones (excluding diaryl/α,β-unsaturated/α-hetero) is 1. The molecule has 0 saturated heterocycles. The van der Waals surface area contributed by atoms with Crippen molar-refractivity contribution in [1.29, 1.82) is 0 Å². The fourth-order valence-corrected chi connectivity index (χ4v) is 1.67. The van der Waals surface area contributed by atoms with Gasteiger partial charge in [0.25, 0.3) is 0 Å². The highest BCUT2D eigenvalue weighted by molar-refractivity contribution is 5.77. The Balaban J connectivity index is 2.79. The number of carbonyl (C=O) groups excluding carboxylic acids is 1. The van der Waals surface area contributed by atoms with Gasteiger partial charge in [-0.05, 0) is 24.5 Å². The summed E-state index contributed by atoms with van der Waals surface area (Å²) in [6, 6.07) is 6.20. The summed E-state index contributed by atoms with van der Waals surface area (Å²) in [7, 11) is 1.67. The van der Waals surface area contributed by atoms with E-state index in [1.807, 2.05) is 6.07 Å². The summed E-state index contributed by atoms with van der Waals surface area (Å²) >= 11 is 0. The third-order valence-electron chi connectivity index (χ3n) is 2.66. The molecule has 0 heterocycles. The van der Waals surface area contributed by atoms with E-state index in [0.29, 0.717) is 19.0 Å². The van der Waals surface area contributed by atoms with E-state index in [1.165, 1.54) is 5.56 Å². The first-order valence-corrected chi connectivity index (χ1v) is 5.91. The lowest BCUT2D eigenvalue weighted by Crippen LogP contribution is -2.20. The average Bonchev–Trinajstić information content (AvgIpc) is 2.28. The Morgan fingerprint density at radius 2 is 2.12 bits per heavy atom. The van der Waals surface area contributed by atoms with Crippen molar-refractivity contribution in [3.63, 3.8) is 0 Å². The van der Waals surface area contributed by atoms with Gasteiger partial charge in [-0.3, -0.25) is 4.79 Å². The SMILES string of the molecule is COc1ccc(C(C)C)cc1CNCC(C)=O. The zero-order valence-electron chi connectivity index (χ0n) is 11.0. The van der Waals surface area contributed by atoms with Crippen LogP contribution in [0.2, 0.25) is 0 Å². The molecule has 0 aliphatic heterocycles. The monoisotopic (exact) mass is 235 g/mol. The van der Waals surface area contributed by atoms with Gasteiger partial charge in [0.15, 0.2) is 0 Å². The summed E-state index contributed by atoms with van der Waals surface area (Å²) in [4.78, 5) is 10.9. The highest BCUT2D eigenvalue weighted by atomic mass is 16.5. The molecule has 1 rings (SSSR count). The molecule has 0 spiro atoms. The van der Waals surface area contributed by atoms with Crippen molar-refractivity contribution >= 4 is 5.78 Å². The van der Waals surface area contributed by atoms with Crippen molar-refractivity contribution in [1.82, 2.24) is 5.32 Å². The number of benzene rings is 1.